The molecule has 5 rings (SSSR count). The fraction of sp³-hybridized carbons (Fsp3) is 0.667. The average molecular weight is 689 g/mol. The van der Waals surface area contributed by atoms with Crippen molar-refractivity contribution in [1.82, 2.24) is 9.80 Å². The number of aliphatic imine (C=N–C) groups is 2. The zero-order chi connectivity index (χ0) is 36.1. The Morgan fingerprint density at radius 1 is 0.640 bits per heavy atom. The lowest BCUT2D eigenvalue weighted by Gasteiger charge is -2.28. The summed E-state index contributed by atoms with van der Waals surface area (Å²) in [6.45, 7) is 18.2. The smallest absolute Gasteiger partial charge is 0.128 e. The maximum absolute atomic E-state index is 11.6. The number of methoxy groups -OCH3 is 2. The molecule has 3 fully saturated rings. The Morgan fingerprint density at radius 3 is 1.40 bits per heavy atom. The Hall–Kier alpha value is -2.78. The third-order valence-electron chi connectivity index (χ3n) is 11.1. The summed E-state index contributed by atoms with van der Waals surface area (Å²) in [6, 6.07) is 9.35. The standard InChI is InChI=1S/C42H64N4O4/c1-41(2,3)33-19-29(39(47)31(21-33)25-45-17-11-13-35(45)27-49-7)23-43-37-15-9-10-16-38(37)44-24-30-20-34(42(4,5)6)22-32(40(30)48)26-46-18-12-14-36(46)28-50-8/h19-24,35-38,47-48H,9-18,25-28H2,1-8H3/t35-,36-,37+,38+/m0/s1. The van der Waals surface area contributed by atoms with Gasteiger partial charge in [0.1, 0.15) is 11.5 Å². The highest BCUT2D eigenvalue weighted by molar-refractivity contribution is 5.86. The maximum atomic E-state index is 11.6. The molecule has 0 unspecified atom stereocenters. The van der Waals surface area contributed by atoms with Crippen LogP contribution in [-0.2, 0) is 33.4 Å². The van der Waals surface area contributed by atoms with Crippen LogP contribution in [0.15, 0.2) is 34.3 Å². The van der Waals surface area contributed by atoms with Crippen molar-refractivity contribution in [1.29, 1.82) is 0 Å². The minimum Gasteiger partial charge on any atom is -0.507 e. The second-order valence-electron chi connectivity index (χ2n) is 17.1. The van der Waals surface area contributed by atoms with E-state index in [0.717, 1.165) is 86.7 Å². The Balaban J connectivity index is 1.40. The van der Waals surface area contributed by atoms with Gasteiger partial charge in [-0.15, -0.1) is 0 Å². The molecule has 1 saturated carbocycles. The summed E-state index contributed by atoms with van der Waals surface area (Å²) in [4.78, 5) is 15.1. The van der Waals surface area contributed by atoms with E-state index in [1.165, 1.54) is 11.1 Å². The van der Waals surface area contributed by atoms with Gasteiger partial charge in [-0.1, -0.05) is 66.5 Å². The maximum Gasteiger partial charge on any atom is 0.128 e. The number of aromatic hydroxyl groups is 2. The van der Waals surface area contributed by atoms with Crippen LogP contribution in [-0.4, -0.2) is 97.1 Å². The lowest BCUT2D eigenvalue weighted by atomic mass is 9.84. The van der Waals surface area contributed by atoms with Gasteiger partial charge in [-0.2, -0.15) is 0 Å². The van der Waals surface area contributed by atoms with Crippen molar-refractivity contribution in [2.75, 3.05) is 40.5 Å². The molecule has 50 heavy (non-hydrogen) atoms. The van der Waals surface area contributed by atoms with E-state index in [2.05, 4.69) is 75.6 Å². The predicted octanol–water partition coefficient (Wildman–Crippen LogP) is 7.76. The minimum absolute atomic E-state index is 0.0117. The van der Waals surface area contributed by atoms with E-state index in [-0.39, 0.29) is 22.9 Å². The van der Waals surface area contributed by atoms with Crippen LogP contribution in [0.2, 0.25) is 0 Å². The lowest BCUT2D eigenvalue weighted by Crippen LogP contribution is -2.32. The first kappa shape index (κ1) is 38.5. The molecule has 0 radical (unpaired) electrons. The number of benzene rings is 2. The molecule has 1 aliphatic carbocycles. The normalized spacial score (nSPS) is 24.3. The van der Waals surface area contributed by atoms with Crippen molar-refractivity contribution in [3.05, 3.63) is 57.6 Å². The Labute approximate surface area is 302 Å². The molecule has 2 aromatic rings. The number of hydrogen-bond donors (Lipinski definition) is 2. The van der Waals surface area contributed by atoms with E-state index in [1.807, 2.05) is 12.4 Å². The molecule has 0 spiro atoms. The molecule has 2 heterocycles. The number of likely N-dealkylation sites (tertiary alicyclic amines) is 2. The summed E-state index contributed by atoms with van der Waals surface area (Å²) in [6.07, 6.45) is 12.5. The summed E-state index contributed by atoms with van der Waals surface area (Å²) < 4.78 is 11.0. The van der Waals surface area contributed by atoms with Gasteiger partial charge in [0.2, 0.25) is 0 Å². The minimum atomic E-state index is -0.0679. The Bertz CT molecular complexity index is 1380. The van der Waals surface area contributed by atoms with Gasteiger partial charge < -0.3 is 19.7 Å². The topological polar surface area (TPSA) is 90.1 Å². The average Bonchev–Trinajstić information content (AvgIpc) is 3.70. The van der Waals surface area contributed by atoms with Crippen molar-refractivity contribution in [2.24, 2.45) is 9.98 Å². The molecule has 8 heteroatoms. The van der Waals surface area contributed by atoms with Gasteiger partial charge in [0, 0.05) is 74.1 Å². The zero-order valence-corrected chi connectivity index (χ0v) is 32.2. The van der Waals surface area contributed by atoms with Gasteiger partial charge in [0.15, 0.2) is 0 Å². The first-order valence-electron chi connectivity index (χ1n) is 19.0. The Morgan fingerprint density at radius 2 is 1.04 bits per heavy atom. The third-order valence-corrected chi connectivity index (χ3v) is 11.1. The highest BCUT2D eigenvalue weighted by Gasteiger charge is 2.29. The largest absolute Gasteiger partial charge is 0.507 e. The summed E-state index contributed by atoms with van der Waals surface area (Å²) in [5.41, 5.74) is 5.71. The summed E-state index contributed by atoms with van der Waals surface area (Å²) in [7, 11) is 3.53. The van der Waals surface area contributed by atoms with E-state index in [1.54, 1.807) is 14.2 Å². The van der Waals surface area contributed by atoms with Crippen molar-refractivity contribution in [3.63, 3.8) is 0 Å². The van der Waals surface area contributed by atoms with E-state index >= 15 is 0 Å². The van der Waals surface area contributed by atoms with Crippen LogP contribution in [0.3, 0.4) is 0 Å². The van der Waals surface area contributed by atoms with Crippen LogP contribution in [0.1, 0.15) is 126 Å². The summed E-state index contributed by atoms with van der Waals surface area (Å²) in [5, 5.41) is 23.2. The van der Waals surface area contributed by atoms with Crippen molar-refractivity contribution < 1.29 is 19.7 Å². The van der Waals surface area contributed by atoms with Crippen molar-refractivity contribution in [2.45, 2.75) is 141 Å². The molecule has 2 saturated heterocycles. The second-order valence-corrected chi connectivity index (χ2v) is 17.1. The second kappa shape index (κ2) is 16.7. The van der Waals surface area contributed by atoms with Gasteiger partial charge in [-0.3, -0.25) is 19.8 Å². The molecular weight excluding hydrogens is 624 g/mol. The lowest BCUT2D eigenvalue weighted by molar-refractivity contribution is 0.111. The SMILES string of the molecule is COC[C@@H]1CCCN1Cc1cc(C(C)(C)C)cc(C=N[C@@H]2CCCC[C@H]2N=Cc2cc(C(C)(C)C)cc(CN3CCC[C@H]3COC)c2O)c1O. The number of hydrogen-bond acceptors (Lipinski definition) is 8. The number of ether oxygens (including phenoxy) is 2. The first-order valence-corrected chi connectivity index (χ1v) is 19.0. The fourth-order valence-electron chi connectivity index (χ4n) is 7.94. The number of phenolic OH excluding ortho intramolecular Hbond substituents is 2. The highest BCUT2D eigenvalue weighted by Crippen LogP contribution is 2.35. The molecule has 2 N–H and O–H groups in total. The number of nitrogens with zero attached hydrogens (tertiary/aromatic N) is 4. The molecular formula is C42H64N4O4. The van der Waals surface area contributed by atoms with Gasteiger partial charge in [0.05, 0.1) is 25.3 Å². The number of phenols is 2. The molecule has 8 nitrogen and oxygen atoms in total. The molecule has 276 valence electrons. The molecule has 2 aliphatic heterocycles. The van der Waals surface area contributed by atoms with Crippen LogP contribution < -0.4 is 0 Å². The zero-order valence-electron chi connectivity index (χ0n) is 32.2. The molecule has 2 aromatic carbocycles. The molecule has 3 aliphatic rings. The van der Waals surface area contributed by atoms with E-state index in [4.69, 9.17) is 19.5 Å². The van der Waals surface area contributed by atoms with E-state index < -0.39 is 0 Å². The first-order chi connectivity index (χ1) is 23.8. The summed E-state index contributed by atoms with van der Waals surface area (Å²) >= 11 is 0. The van der Waals surface area contributed by atoms with Crippen LogP contribution >= 0.6 is 0 Å². The van der Waals surface area contributed by atoms with Crippen molar-refractivity contribution >= 4 is 12.4 Å². The summed E-state index contributed by atoms with van der Waals surface area (Å²) in [5.74, 6) is 0.644. The molecule has 4 atom stereocenters. The van der Waals surface area contributed by atoms with Gasteiger partial charge in [-0.25, -0.2) is 0 Å². The molecule has 0 amide bonds. The molecule has 0 aromatic heterocycles. The predicted molar refractivity (Wildman–Crippen MR) is 205 cm³/mol. The quantitative estimate of drug-likeness (QED) is 0.222. The van der Waals surface area contributed by atoms with Crippen LogP contribution in [0.4, 0.5) is 0 Å². The third kappa shape index (κ3) is 9.55. The van der Waals surface area contributed by atoms with Crippen LogP contribution in [0.25, 0.3) is 0 Å². The fourth-order valence-corrected chi connectivity index (χ4v) is 7.94. The van der Waals surface area contributed by atoms with E-state index in [0.29, 0.717) is 49.9 Å². The Kier molecular flexibility index (Phi) is 12.8. The monoisotopic (exact) mass is 688 g/mol. The van der Waals surface area contributed by atoms with Crippen LogP contribution in [0.5, 0.6) is 11.5 Å². The highest BCUT2D eigenvalue weighted by atomic mass is 16.5. The number of rotatable bonds is 12. The van der Waals surface area contributed by atoms with Crippen molar-refractivity contribution in [3.8, 4) is 11.5 Å². The van der Waals surface area contributed by atoms with Gasteiger partial charge in [-0.05, 0) is 85.7 Å². The van der Waals surface area contributed by atoms with Gasteiger partial charge in [0.25, 0.3) is 0 Å². The van der Waals surface area contributed by atoms with E-state index in [9.17, 15) is 10.2 Å². The molecule has 0 bridgehead atoms. The van der Waals surface area contributed by atoms with Gasteiger partial charge >= 0.3 is 0 Å². The van der Waals surface area contributed by atoms with Crippen LogP contribution in [0, 0.1) is 0 Å².